The van der Waals surface area contributed by atoms with Crippen LogP contribution in [0.15, 0.2) is 24.5 Å². The van der Waals surface area contributed by atoms with Gasteiger partial charge in [-0.15, -0.1) is 0 Å². The van der Waals surface area contributed by atoms with Crippen LogP contribution < -0.4 is 5.32 Å². The number of rotatable bonds is 8. The average Bonchev–Trinajstić information content (AvgIpc) is 2.98. The molecule has 1 fully saturated rings. The third-order valence-corrected chi connectivity index (χ3v) is 6.40. The van der Waals surface area contributed by atoms with Crippen molar-refractivity contribution in [1.29, 1.82) is 0 Å². The fourth-order valence-corrected chi connectivity index (χ4v) is 5.23. The lowest BCUT2D eigenvalue weighted by Gasteiger charge is -2.07. The van der Waals surface area contributed by atoms with E-state index >= 15 is 0 Å². The molecule has 1 aromatic heterocycles. The van der Waals surface area contributed by atoms with Crippen molar-refractivity contribution in [1.82, 2.24) is 10.3 Å². The third-order valence-electron chi connectivity index (χ3n) is 3.39. The Bertz CT molecular complexity index is 394. The number of hydrogen-bond acceptors (Lipinski definition) is 4. The van der Waals surface area contributed by atoms with Crippen LogP contribution in [-0.2, 0) is 11.2 Å². The van der Waals surface area contributed by atoms with E-state index in [2.05, 4.69) is 10.3 Å². The van der Waals surface area contributed by atoms with Gasteiger partial charge in [0.05, 0.1) is 0 Å². The second kappa shape index (κ2) is 9.29. The van der Waals surface area contributed by atoms with E-state index in [9.17, 15) is 4.79 Å². The number of nitrogens with zero attached hydrogens (tertiary/aromatic N) is 1. The Labute approximate surface area is 129 Å². The van der Waals surface area contributed by atoms with Gasteiger partial charge in [-0.25, -0.2) is 0 Å². The Morgan fingerprint density at radius 3 is 2.95 bits per heavy atom. The van der Waals surface area contributed by atoms with E-state index in [0.29, 0.717) is 6.42 Å². The van der Waals surface area contributed by atoms with Gasteiger partial charge in [0.2, 0.25) is 5.91 Å². The highest BCUT2D eigenvalue weighted by molar-refractivity contribution is 8.77. The van der Waals surface area contributed by atoms with Gasteiger partial charge >= 0.3 is 0 Å². The van der Waals surface area contributed by atoms with Crippen molar-refractivity contribution in [2.75, 3.05) is 12.3 Å². The van der Waals surface area contributed by atoms with E-state index in [4.69, 9.17) is 0 Å². The summed E-state index contributed by atoms with van der Waals surface area (Å²) < 4.78 is 0. The van der Waals surface area contributed by atoms with E-state index < -0.39 is 0 Å². The van der Waals surface area contributed by atoms with Gasteiger partial charge in [-0.05, 0) is 43.4 Å². The maximum atomic E-state index is 11.7. The number of aromatic nitrogens is 1. The molecule has 1 aromatic rings. The number of carbonyl (C=O) groups excluding carboxylic acids is 1. The molecule has 2 heterocycles. The molecule has 110 valence electrons. The van der Waals surface area contributed by atoms with Crippen LogP contribution in [0.2, 0.25) is 0 Å². The van der Waals surface area contributed by atoms with Gasteiger partial charge in [-0.1, -0.05) is 28.0 Å². The summed E-state index contributed by atoms with van der Waals surface area (Å²) in [5, 5.41) is 3.82. The normalized spacial score (nSPS) is 18.1. The quantitative estimate of drug-likeness (QED) is 0.590. The molecule has 5 heteroatoms. The number of carbonyl (C=O) groups is 1. The molecule has 0 unspecified atom stereocenters. The van der Waals surface area contributed by atoms with Crippen LogP contribution in [0.25, 0.3) is 0 Å². The first-order valence-corrected chi connectivity index (χ1v) is 9.66. The summed E-state index contributed by atoms with van der Waals surface area (Å²) in [6.45, 7) is 0.720. The molecule has 0 aromatic carbocycles. The maximum Gasteiger partial charge on any atom is 0.220 e. The summed E-state index contributed by atoms with van der Waals surface area (Å²) in [4.78, 5) is 15.7. The molecule has 0 saturated carbocycles. The van der Waals surface area contributed by atoms with Gasteiger partial charge in [0.25, 0.3) is 0 Å². The lowest BCUT2D eigenvalue weighted by molar-refractivity contribution is -0.121. The van der Waals surface area contributed by atoms with Crippen molar-refractivity contribution in [3.63, 3.8) is 0 Å². The number of amides is 1. The zero-order valence-electron chi connectivity index (χ0n) is 11.7. The lowest BCUT2D eigenvalue weighted by atomic mass is 10.1. The number of unbranched alkanes of at least 4 members (excludes halogenated alkanes) is 1. The van der Waals surface area contributed by atoms with Crippen LogP contribution in [0.4, 0.5) is 0 Å². The number of pyridine rings is 1. The van der Waals surface area contributed by atoms with Crippen molar-refractivity contribution in [3.05, 3.63) is 30.1 Å². The molecular weight excluding hydrogens is 288 g/mol. The summed E-state index contributed by atoms with van der Waals surface area (Å²) >= 11 is 0. The van der Waals surface area contributed by atoms with E-state index in [1.54, 1.807) is 12.4 Å². The van der Waals surface area contributed by atoms with Crippen molar-refractivity contribution in [2.45, 2.75) is 43.8 Å². The highest BCUT2D eigenvalue weighted by Gasteiger charge is 2.15. The second-order valence-electron chi connectivity index (χ2n) is 5.03. The van der Waals surface area contributed by atoms with Crippen molar-refractivity contribution >= 4 is 27.5 Å². The monoisotopic (exact) mass is 310 g/mol. The predicted molar refractivity (Wildman–Crippen MR) is 87.9 cm³/mol. The molecule has 0 radical (unpaired) electrons. The van der Waals surface area contributed by atoms with E-state index in [0.717, 1.165) is 24.6 Å². The molecule has 1 N–H and O–H groups in total. The Kier molecular flexibility index (Phi) is 7.30. The molecule has 1 saturated heterocycles. The van der Waals surface area contributed by atoms with Crippen molar-refractivity contribution < 1.29 is 4.79 Å². The fraction of sp³-hybridized carbons (Fsp3) is 0.600. The van der Waals surface area contributed by atoms with Gasteiger partial charge in [-0.3, -0.25) is 9.78 Å². The van der Waals surface area contributed by atoms with Gasteiger partial charge in [0.1, 0.15) is 0 Å². The minimum atomic E-state index is 0.188. The smallest absolute Gasteiger partial charge is 0.220 e. The molecule has 3 nitrogen and oxygen atoms in total. The Morgan fingerprint density at radius 1 is 1.35 bits per heavy atom. The van der Waals surface area contributed by atoms with Gasteiger partial charge in [0, 0.05) is 36.4 Å². The molecule has 0 bridgehead atoms. The van der Waals surface area contributed by atoms with Crippen LogP contribution in [0.3, 0.4) is 0 Å². The predicted octanol–water partition coefficient (Wildman–Crippen LogP) is 3.45. The lowest BCUT2D eigenvalue weighted by Crippen LogP contribution is -2.25. The number of hydrogen-bond donors (Lipinski definition) is 1. The molecular formula is C15H22N2OS2. The summed E-state index contributed by atoms with van der Waals surface area (Å²) in [5.74, 6) is 1.48. The van der Waals surface area contributed by atoms with Crippen LogP contribution in [0, 0.1) is 0 Å². The summed E-state index contributed by atoms with van der Waals surface area (Å²) in [6, 6.07) is 3.98. The molecule has 2 rings (SSSR count). The first-order valence-electron chi connectivity index (χ1n) is 7.28. The molecule has 0 spiro atoms. The standard InChI is InChI=1S/C15H22N2OS2/c18-15(4-2-1-3-14-8-12-19-20-14)17-11-7-13-5-9-16-10-6-13/h5-6,9-10,14H,1-4,7-8,11-12H2,(H,17,18)/t14-/m1/s1. The van der Waals surface area contributed by atoms with Crippen LogP contribution in [0.5, 0.6) is 0 Å². The minimum absolute atomic E-state index is 0.188. The molecule has 1 amide bonds. The minimum Gasteiger partial charge on any atom is -0.356 e. The molecule has 0 aliphatic carbocycles. The van der Waals surface area contributed by atoms with Gasteiger partial charge in [-0.2, -0.15) is 0 Å². The summed E-state index contributed by atoms with van der Waals surface area (Å²) in [6.07, 6.45) is 9.92. The largest absolute Gasteiger partial charge is 0.356 e. The highest BCUT2D eigenvalue weighted by atomic mass is 33.1. The zero-order valence-corrected chi connectivity index (χ0v) is 13.3. The molecule has 1 atom stereocenters. The fourth-order valence-electron chi connectivity index (χ4n) is 2.21. The highest BCUT2D eigenvalue weighted by Crippen LogP contribution is 2.39. The summed E-state index contributed by atoms with van der Waals surface area (Å²) in [7, 11) is 4.01. The van der Waals surface area contributed by atoms with Crippen LogP contribution >= 0.6 is 21.6 Å². The first kappa shape index (κ1) is 15.7. The van der Waals surface area contributed by atoms with Crippen molar-refractivity contribution in [2.24, 2.45) is 0 Å². The topological polar surface area (TPSA) is 42.0 Å². The average molecular weight is 310 g/mol. The van der Waals surface area contributed by atoms with Crippen LogP contribution in [0.1, 0.15) is 37.7 Å². The zero-order chi connectivity index (χ0) is 14.0. The molecule has 1 aliphatic heterocycles. The SMILES string of the molecule is O=C(CCCC[C@@H]1CCSS1)NCCc1ccncc1. The Hall–Kier alpha value is -0.680. The van der Waals surface area contributed by atoms with Crippen molar-refractivity contribution in [3.8, 4) is 0 Å². The van der Waals surface area contributed by atoms with E-state index in [-0.39, 0.29) is 5.91 Å². The third kappa shape index (κ3) is 6.18. The maximum absolute atomic E-state index is 11.7. The summed E-state index contributed by atoms with van der Waals surface area (Å²) in [5.41, 5.74) is 1.22. The first-order chi connectivity index (χ1) is 9.84. The molecule has 20 heavy (non-hydrogen) atoms. The second-order valence-corrected chi connectivity index (χ2v) is 7.82. The Morgan fingerprint density at radius 2 is 2.20 bits per heavy atom. The Balaban J connectivity index is 1.48. The molecule has 1 aliphatic rings. The van der Waals surface area contributed by atoms with Gasteiger partial charge in [0.15, 0.2) is 0 Å². The number of nitrogens with one attached hydrogen (secondary N) is 1. The van der Waals surface area contributed by atoms with E-state index in [1.165, 1.54) is 30.6 Å². The van der Waals surface area contributed by atoms with Crippen LogP contribution in [-0.4, -0.2) is 28.4 Å². The van der Waals surface area contributed by atoms with Gasteiger partial charge < -0.3 is 5.32 Å². The van der Waals surface area contributed by atoms with E-state index in [1.807, 2.05) is 33.7 Å².